The first-order chi connectivity index (χ1) is 12.6. The van der Waals surface area contributed by atoms with E-state index in [9.17, 15) is 9.59 Å². The van der Waals surface area contributed by atoms with Gasteiger partial charge in [-0.3, -0.25) is 14.9 Å². The van der Waals surface area contributed by atoms with Crippen LogP contribution >= 0.6 is 11.3 Å². The van der Waals surface area contributed by atoms with Gasteiger partial charge in [-0.1, -0.05) is 65.0 Å². The molecule has 1 atom stereocenters. The van der Waals surface area contributed by atoms with Gasteiger partial charge in [-0.2, -0.15) is 0 Å². The highest BCUT2D eigenvalue weighted by Gasteiger charge is 2.26. The van der Waals surface area contributed by atoms with E-state index in [1.807, 2.05) is 32.9 Å². The SMILES string of the molecule is CCc1nnc(NC(=O)[C@@H](NC(=O)c2ccc(C(C)(C)C)cc2)C(C)C)s1. The molecule has 0 unspecified atom stereocenters. The Balaban J connectivity index is 2.08. The van der Waals surface area contributed by atoms with Crippen LogP contribution in [0.1, 0.15) is 62.5 Å². The number of carbonyl (C=O) groups excluding carboxylic acids is 2. The second kappa shape index (κ2) is 8.61. The van der Waals surface area contributed by atoms with Gasteiger partial charge in [0, 0.05) is 5.56 Å². The summed E-state index contributed by atoms with van der Waals surface area (Å²) in [5, 5.41) is 14.9. The minimum Gasteiger partial charge on any atom is -0.340 e. The summed E-state index contributed by atoms with van der Waals surface area (Å²) < 4.78 is 0. The minimum atomic E-state index is -0.659. The van der Waals surface area contributed by atoms with E-state index in [2.05, 4.69) is 41.6 Å². The monoisotopic (exact) mass is 388 g/mol. The number of benzene rings is 1. The van der Waals surface area contributed by atoms with Crippen molar-refractivity contribution < 1.29 is 9.59 Å². The average Bonchev–Trinajstić information content (AvgIpc) is 3.06. The van der Waals surface area contributed by atoms with Crippen LogP contribution in [0, 0.1) is 5.92 Å². The van der Waals surface area contributed by atoms with Crippen molar-refractivity contribution in [3.8, 4) is 0 Å². The Morgan fingerprint density at radius 2 is 1.74 bits per heavy atom. The number of amides is 2. The summed E-state index contributed by atoms with van der Waals surface area (Å²) in [6.45, 7) is 12.1. The Bertz CT molecular complexity index is 791. The number of hydrogen-bond acceptors (Lipinski definition) is 5. The molecule has 0 saturated heterocycles. The highest BCUT2D eigenvalue weighted by molar-refractivity contribution is 7.15. The van der Waals surface area contributed by atoms with Crippen LogP contribution in [-0.4, -0.2) is 28.1 Å². The molecule has 7 heteroatoms. The van der Waals surface area contributed by atoms with Crippen LogP contribution in [-0.2, 0) is 16.6 Å². The molecular weight excluding hydrogens is 360 g/mol. The number of rotatable bonds is 6. The standard InChI is InChI=1S/C20H28N4O2S/c1-7-15-23-24-19(27-15)22-18(26)16(12(2)3)21-17(25)13-8-10-14(11-9-13)20(4,5)6/h8-12,16H,7H2,1-6H3,(H,21,25)(H,22,24,26)/t16-/m0/s1. The largest absolute Gasteiger partial charge is 0.340 e. The average molecular weight is 389 g/mol. The highest BCUT2D eigenvalue weighted by atomic mass is 32.1. The molecule has 0 bridgehead atoms. The summed E-state index contributed by atoms with van der Waals surface area (Å²) in [5.41, 5.74) is 1.71. The molecule has 6 nitrogen and oxygen atoms in total. The molecule has 1 aromatic carbocycles. The van der Waals surface area contributed by atoms with Crippen LogP contribution in [0.4, 0.5) is 5.13 Å². The van der Waals surface area contributed by atoms with Crippen molar-refractivity contribution in [3.05, 3.63) is 40.4 Å². The molecule has 2 rings (SSSR count). The van der Waals surface area contributed by atoms with E-state index < -0.39 is 6.04 Å². The molecule has 0 aliphatic rings. The molecule has 0 aliphatic carbocycles. The zero-order chi connectivity index (χ0) is 20.2. The van der Waals surface area contributed by atoms with Crippen LogP contribution in [0.25, 0.3) is 0 Å². The first kappa shape index (κ1) is 21.0. The van der Waals surface area contributed by atoms with Crippen molar-refractivity contribution in [2.45, 2.75) is 59.4 Å². The van der Waals surface area contributed by atoms with Crippen molar-refractivity contribution in [2.75, 3.05) is 5.32 Å². The van der Waals surface area contributed by atoms with Crippen LogP contribution in [0.2, 0.25) is 0 Å². The summed E-state index contributed by atoms with van der Waals surface area (Å²) in [4.78, 5) is 25.2. The zero-order valence-corrected chi connectivity index (χ0v) is 17.6. The summed E-state index contributed by atoms with van der Waals surface area (Å²) in [6.07, 6.45) is 0.766. The molecular formula is C20H28N4O2S. The molecule has 0 aliphatic heterocycles. The molecule has 2 amide bonds. The summed E-state index contributed by atoms with van der Waals surface area (Å²) in [6, 6.07) is 6.83. The number of aromatic nitrogens is 2. The van der Waals surface area contributed by atoms with Crippen molar-refractivity contribution in [3.63, 3.8) is 0 Å². The van der Waals surface area contributed by atoms with Crippen molar-refractivity contribution >= 4 is 28.3 Å². The molecule has 27 heavy (non-hydrogen) atoms. The summed E-state index contributed by atoms with van der Waals surface area (Å²) in [5.74, 6) is -0.624. The van der Waals surface area contributed by atoms with E-state index in [0.29, 0.717) is 10.7 Å². The fraction of sp³-hybridized carbons (Fsp3) is 0.500. The van der Waals surface area contributed by atoms with Crippen LogP contribution in [0.15, 0.2) is 24.3 Å². The summed E-state index contributed by atoms with van der Waals surface area (Å²) >= 11 is 1.34. The predicted octanol–water partition coefficient (Wildman–Crippen LogP) is 3.79. The highest BCUT2D eigenvalue weighted by Crippen LogP contribution is 2.22. The Morgan fingerprint density at radius 3 is 2.22 bits per heavy atom. The molecule has 0 radical (unpaired) electrons. The minimum absolute atomic E-state index is 0.0223. The molecule has 1 heterocycles. The molecule has 0 fully saturated rings. The molecule has 0 spiro atoms. The van der Waals surface area contributed by atoms with Crippen LogP contribution in [0.5, 0.6) is 0 Å². The Hall–Kier alpha value is -2.28. The Morgan fingerprint density at radius 1 is 1.11 bits per heavy atom. The number of nitrogens with one attached hydrogen (secondary N) is 2. The van der Waals surface area contributed by atoms with Gasteiger partial charge in [0.25, 0.3) is 5.91 Å². The quantitative estimate of drug-likeness (QED) is 0.788. The lowest BCUT2D eigenvalue weighted by molar-refractivity contribution is -0.118. The topological polar surface area (TPSA) is 84.0 Å². The number of aryl methyl sites for hydroxylation is 1. The Labute approximate surface area is 164 Å². The molecule has 2 aromatic rings. The number of nitrogens with zero attached hydrogens (tertiary/aromatic N) is 2. The molecule has 0 saturated carbocycles. The lowest BCUT2D eigenvalue weighted by Crippen LogP contribution is -2.47. The van der Waals surface area contributed by atoms with Gasteiger partial charge in [-0.25, -0.2) is 0 Å². The predicted molar refractivity (Wildman–Crippen MR) is 109 cm³/mol. The van der Waals surface area contributed by atoms with E-state index in [1.165, 1.54) is 11.3 Å². The molecule has 146 valence electrons. The second-order valence-electron chi connectivity index (χ2n) is 7.87. The second-order valence-corrected chi connectivity index (χ2v) is 8.93. The summed E-state index contributed by atoms with van der Waals surface area (Å²) in [7, 11) is 0. The van der Waals surface area contributed by atoms with Gasteiger partial charge in [0.1, 0.15) is 11.0 Å². The third kappa shape index (κ3) is 5.60. The number of anilines is 1. The van der Waals surface area contributed by atoms with Gasteiger partial charge >= 0.3 is 0 Å². The fourth-order valence-electron chi connectivity index (χ4n) is 2.51. The van der Waals surface area contributed by atoms with E-state index in [1.54, 1.807) is 12.1 Å². The normalized spacial score (nSPS) is 12.7. The van der Waals surface area contributed by atoms with Crippen molar-refractivity contribution in [2.24, 2.45) is 5.92 Å². The lowest BCUT2D eigenvalue weighted by atomic mass is 9.86. The first-order valence-corrected chi connectivity index (χ1v) is 9.98. The maximum Gasteiger partial charge on any atom is 0.251 e. The van der Waals surface area contributed by atoms with Gasteiger partial charge in [0.15, 0.2) is 0 Å². The van der Waals surface area contributed by atoms with Gasteiger partial charge in [-0.15, -0.1) is 10.2 Å². The molecule has 1 aromatic heterocycles. The third-order valence-electron chi connectivity index (χ3n) is 4.25. The van der Waals surface area contributed by atoms with Gasteiger partial charge in [-0.05, 0) is 35.4 Å². The van der Waals surface area contributed by atoms with E-state index in [0.717, 1.165) is 17.0 Å². The van der Waals surface area contributed by atoms with Crippen LogP contribution in [0.3, 0.4) is 0 Å². The molecule has 2 N–H and O–H groups in total. The van der Waals surface area contributed by atoms with Gasteiger partial charge < -0.3 is 5.32 Å². The Kier molecular flexibility index (Phi) is 6.70. The van der Waals surface area contributed by atoms with Crippen molar-refractivity contribution in [1.29, 1.82) is 0 Å². The van der Waals surface area contributed by atoms with E-state index in [-0.39, 0.29) is 23.1 Å². The number of hydrogen-bond donors (Lipinski definition) is 2. The first-order valence-electron chi connectivity index (χ1n) is 9.16. The maximum absolute atomic E-state index is 12.6. The smallest absolute Gasteiger partial charge is 0.251 e. The van der Waals surface area contributed by atoms with E-state index >= 15 is 0 Å². The van der Waals surface area contributed by atoms with Crippen LogP contribution < -0.4 is 10.6 Å². The zero-order valence-electron chi connectivity index (χ0n) is 16.8. The fourth-order valence-corrected chi connectivity index (χ4v) is 3.19. The number of carbonyl (C=O) groups is 2. The van der Waals surface area contributed by atoms with Crippen molar-refractivity contribution in [1.82, 2.24) is 15.5 Å². The van der Waals surface area contributed by atoms with E-state index in [4.69, 9.17) is 0 Å². The third-order valence-corrected chi connectivity index (χ3v) is 5.23. The van der Waals surface area contributed by atoms with Gasteiger partial charge in [0.2, 0.25) is 11.0 Å². The maximum atomic E-state index is 12.6. The lowest BCUT2D eigenvalue weighted by Gasteiger charge is -2.22. The van der Waals surface area contributed by atoms with Gasteiger partial charge in [0.05, 0.1) is 0 Å².